The summed E-state index contributed by atoms with van der Waals surface area (Å²) in [6.07, 6.45) is 1.45. The quantitative estimate of drug-likeness (QED) is 0.826. The fourth-order valence-corrected chi connectivity index (χ4v) is 2.34. The lowest BCUT2D eigenvalue weighted by Crippen LogP contribution is -2.05. The molecule has 2 aromatic rings. The predicted molar refractivity (Wildman–Crippen MR) is 75.5 cm³/mol. The molecule has 1 nitrogen and oxygen atoms in total. The minimum absolute atomic E-state index is 0.378. The highest BCUT2D eigenvalue weighted by molar-refractivity contribution is 5.22. The van der Waals surface area contributed by atoms with Crippen LogP contribution in [0.15, 0.2) is 60.7 Å². The molecule has 2 atom stereocenters. The van der Waals surface area contributed by atoms with Gasteiger partial charge in [0.2, 0.25) is 0 Å². The maximum atomic E-state index is 10.3. The number of hydrogen-bond donors (Lipinski definition) is 1. The van der Waals surface area contributed by atoms with Crippen molar-refractivity contribution in [3.8, 4) is 0 Å². The first kappa shape index (κ1) is 12.8. The molecule has 2 rings (SSSR count). The highest BCUT2D eigenvalue weighted by Crippen LogP contribution is 2.30. The van der Waals surface area contributed by atoms with Crippen LogP contribution in [0.5, 0.6) is 0 Å². The molecule has 0 spiro atoms. The van der Waals surface area contributed by atoms with Gasteiger partial charge in [0.05, 0.1) is 6.10 Å². The molecule has 0 unspecified atom stereocenters. The summed E-state index contributed by atoms with van der Waals surface area (Å²) < 4.78 is 0. The number of benzene rings is 2. The van der Waals surface area contributed by atoms with Crippen molar-refractivity contribution < 1.29 is 5.11 Å². The summed E-state index contributed by atoms with van der Waals surface area (Å²) in [5.74, 6) is 0.418. The molecule has 0 fully saturated rings. The molecule has 0 aromatic heterocycles. The van der Waals surface area contributed by atoms with Gasteiger partial charge in [0.15, 0.2) is 0 Å². The molecule has 0 aliphatic heterocycles. The summed E-state index contributed by atoms with van der Waals surface area (Å²) in [5.41, 5.74) is 2.32. The Morgan fingerprint density at radius 2 is 1.33 bits per heavy atom. The van der Waals surface area contributed by atoms with E-state index in [2.05, 4.69) is 31.2 Å². The second kappa shape index (κ2) is 6.36. The SMILES string of the molecule is CC[C@@H](C[C@@H](O)c1ccccc1)c1ccccc1. The van der Waals surface area contributed by atoms with Crippen molar-refractivity contribution in [2.24, 2.45) is 0 Å². The largest absolute Gasteiger partial charge is 0.388 e. The van der Waals surface area contributed by atoms with Crippen LogP contribution in [0.25, 0.3) is 0 Å². The maximum absolute atomic E-state index is 10.3. The van der Waals surface area contributed by atoms with Crippen LogP contribution in [-0.4, -0.2) is 5.11 Å². The van der Waals surface area contributed by atoms with Gasteiger partial charge in [-0.25, -0.2) is 0 Å². The lowest BCUT2D eigenvalue weighted by Gasteiger charge is -2.19. The molecule has 94 valence electrons. The third-order valence-corrected chi connectivity index (χ3v) is 3.46. The molecule has 0 saturated carbocycles. The van der Waals surface area contributed by atoms with E-state index in [0.29, 0.717) is 5.92 Å². The molecule has 1 N–H and O–H groups in total. The van der Waals surface area contributed by atoms with Gasteiger partial charge in [-0.15, -0.1) is 0 Å². The van der Waals surface area contributed by atoms with E-state index in [4.69, 9.17) is 0 Å². The van der Waals surface area contributed by atoms with Crippen LogP contribution < -0.4 is 0 Å². The third kappa shape index (κ3) is 3.21. The van der Waals surface area contributed by atoms with Gasteiger partial charge in [0, 0.05) is 0 Å². The summed E-state index contributed by atoms with van der Waals surface area (Å²) in [6, 6.07) is 20.3. The first-order chi connectivity index (χ1) is 8.81. The number of hydrogen-bond acceptors (Lipinski definition) is 1. The van der Waals surface area contributed by atoms with Crippen molar-refractivity contribution in [1.82, 2.24) is 0 Å². The van der Waals surface area contributed by atoms with E-state index in [0.717, 1.165) is 18.4 Å². The van der Waals surface area contributed by atoms with Crippen LogP contribution in [0.4, 0.5) is 0 Å². The van der Waals surface area contributed by atoms with E-state index in [1.807, 2.05) is 36.4 Å². The monoisotopic (exact) mass is 240 g/mol. The standard InChI is InChI=1S/C17H20O/c1-2-14(15-9-5-3-6-10-15)13-17(18)16-11-7-4-8-12-16/h3-12,14,17-18H,2,13H2,1H3/t14-,17+/m0/s1. The van der Waals surface area contributed by atoms with E-state index in [9.17, 15) is 5.11 Å². The topological polar surface area (TPSA) is 20.2 Å². The van der Waals surface area contributed by atoms with Crippen LogP contribution in [0.1, 0.15) is 42.9 Å². The summed E-state index contributed by atoms with van der Waals surface area (Å²) in [4.78, 5) is 0. The number of aliphatic hydroxyl groups excluding tert-OH is 1. The highest BCUT2D eigenvalue weighted by Gasteiger charge is 2.15. The first-order valence-electron chi connectivity index (χ1n) is 6.59. The summed E-state index contributed by atoms with van der Waals surface area (Å²) in [6.45, 7) is 2.18. The normalized spacial score (nSPS) is 14.1. The molecule has 0 radical (unpaired) electrons. The van der Waals surface area contributed by atoms with Crippen LogP contribution in [0.2, 0.25) is 0 Å². The predicted octanol–water partition coefficient (Wildman–Crippen LogP) is 4.30. The van der Waals surface area contributed by atoms with Gasteiger partial charge in [0.1, 0.15) is 0 Å². The van der Waals surface area contributed by atoms with Gasteiger partial charge in [0.25, 0.3) is 0 Å². The van der Waals surface area contributed by atoms with Crippen LogP contribution in [0, 0.1) is 0 Å². The van der Waals surface area contributed by atoms with Gasteiger partial charge in [-0.2, -0.15) is 0 Å². The Hall–Kier alpha value is -1.60. The minimum atomic E-state index is -0.378. The molecule has 1 heteroatoms. The Morgan fingerprint density at radius 1 is 0.833 bits per heavy atom. The lowest BCUT2D eigenvalue weighted by molar-refractivity contribution is 0.156. The van der Waals surface area contributed by atoms with Crippen molar-refractivity contribution in [1.29, 1.82) is 0 Å². The Balaban J connectivity index is 2.07. The molecular formula is C17H20O. The zero-order valence-corrected chi connectivity index (χ0v) is 10.8. The average Bonchev–Trinajstić information content (AvgIpc) is 2.46. The van der Waals surface area contributed by atoms with Gasteiger partial charge in [-0.1, -0.05) is 67.6 Å². The smallest absolute Gasteiger partial charge is 0.0795 e. The zero-order valence-electron chi connectivity index (χ0n) is 10.8. The molecule has 0 bridgehead atoms. The van der Waals surface area contributed by atoms with Crippen molar-refractivity contribution in [2.75, 3.05) is 0 Å². The Bertz CT molecular complexity index is 450. The summed E-state index contributed by atoms with van der Waals surface area (Å²) in [7, 11) is 0. The molecule has 0 saturated heterocycles. The van der Waals surface area contributed by atoms with Crippen LogP contribution in [-0.2, 0) is 0 Å². The Labute approximate surface area is 109 Å². The van der Waals surface area contributed by atoms with Crippen LogP contribution in [0.3, 0.4) is 0 Å². The number of rotatable bonds is 5. The number of aliphatic hydroxyl groups is 1. The van der Waals surface area contributed by atoms with E-state index in [1.165, 1.54) is 5.56 Å². The molecule has 2 aromatic carbocycles. The van der Waals surface area contributed by atoms with E-state index < -0.39 is 0 Å². The molecule has 0 heterocycles. The maximum Gasteiger partial charge on any atom is 0.0795 e. The Morgan fingerprint density at radius 3 is 1.83 bits per heavy atom. The molecule has 0 aliphatic rings. The van der Waals surface area contributed by atoms with Crippen molar-refractivity contribution in [3.63, 3.8) is 0 Å². The van der Waals surface area contributed by atoms with E-state index in [1.54, 1.807) is 0 Å². The second-order valence-corrected chi connectivity index (χ2v) is 4.68. The molecule has 0 aliphatic carbocycles. The fourth-order valence-electron chi connectivity index (χ4n) is 2.34. The van der Waals surface area contributed by atoms with E-state index >= 15 is 0 Å². The first-order valence-corrected chi connectivity index (χ1v) is 6.59. The van der Waals surface area contributed by atoms with Crippen molar-refractivity contribution >= 4 is 0 Å². The van der Waals surface area contributed by atoms with E-state index in [-0.39, 0.29) is 6.10 Å². The van der Waals surface area contributed by atoms with Crippen molar-refractivity contribution in [2.45, 2.75) is 31.8 Å². The van der Waals surface area contributed by atoms with Crippen molar-refractivity contribution in [3.05, 3.63) is 71.8 Å². The Kier molecular flexibility index (Phi) is 4.54. The minimum Gasteiger partial charge on any atom is -0.388 e. The molecule has 0 amide bonds. The van der Waals surface area contributed by atoms with Gasteiger partial charge in [-0.3, -0.25) is 0 Å². The second-order valence-electron chi connectivity index (χ2n) is 4.68. The average molecular weight is 240 g/mol. The summed E-state index contributed by atoms with van der Waals surface area (Å²) in [5, 5.41) is 10.3. The van der Waals surface area contributed by atoms with Gasteiger partial charge in [-0.05, 0) is 29.9 Å². The van der Waals surface area contributed by atoms with Crippen LogP contribution >= 0.6 is 0 Å². The fraction of sp³-hybridized carbons (Fsp3) is 0.294. The summed E-state index contributed by atoms with van der Waals surface area (Å²) >= 11 is 0. The molecular weight excluding hydrogens is 220 g/mol. The lowest BCUT2D eigenvalue weighted by atomic mass is 9.89. The van der Waals surface area contributed by atoms with Gasteiger partial charge < -0.3 is 5.11 Å². The highest BCUT2D eigenvalue weighted by atomic mass is 16.3. The zero-order chi connectivity index (χ0) is 12.8. The third-order valence-electron chi connectivity index (χ3n) is 3.46. The van der Waals surface area contributed by atoms with Gasteiger partial charge >= 0.3 is 0 Å². The molecule has 18 heavy (non-hydrogen) atoms.